The van der Waals surface area contributed by atoms with Crippen LogP contribution in [-0.4, -0.2) is 42.1 Å². The number of nitrogens with zero attached hydrogens (tertiary/aromatic N) is 3. The van der Waals surface area contributed by atoms with Gasteiger partial charge in [0.2, 0.25) is 0 Å². The van der Waals surface area contributed by atoms with Crippen molar-refractivity contribution in [1.29, 1.82) is 0 Å². The van der Waals surface area contributed by atoms with Crippen LogP contribution in [0.15, 0.2) is 113 Å². The van der Waals surface area contributed by atoms with Gasteiger partial charge in [-0.3, -0.25) is 14.5 Å². The van der Waals surface area contributed by atoms with Crippen LogP contribution in [0.3, 0.4) is 0 Å². The number of aliphatic imine (C=N–C) groups is 1. The zero-order valence-corrected chi connectivity index (χ0v) is 25.3. The van der Waals surface area contributed by atoms with Gasteiger partial charge in [0.05, 0.1) is 23.4 Å². The molecule has 6 rings (SSSR count). The molecule has 44 heavy (non-hydrogen) atoms. The summed E-state index contributed by atoms with van der Waals surface area (Å²) in [6, 6.07) is 32.3. The molecule has 0 bridgehead atoms. The van der Waals surface area contributed by atoms with Crippen LogP contribution in [0.25, 0.3) is 6.08 Å². The van der Waals surface area contributed by atoms with Crippen LogP contribution in [-0.2, 0) is 11.4 Å². The third kappa shape index (κ3) is 6.71. The molecule has 0 spiro atoms. The first kappa shape index (κ1) is 29.3. The summed E-state index contributed by atoms with van der Waals surface area (Å²) in [7, 11) is 1.59. The van der Waals surface area contributed by atoms with Crippen LogP contribution in [0, 0.1) is 0 Å². The predicted molar refractivity (Wildman–Crippen MR) is 177 cm³/mol. The van der Waals surface area contributed by atoms with Gasteiger partial charge in [-0.05, 0) is 96.8 Å². The van der Waals surface area contributed by atoms with Crippen molar-refractivity contribution in [2.24, 2.45) is 4.99 Å². The molecule has 0 radical (unpaired) electrons. The van der Waals surface area contributed by atoms with Gasteiger partial charge in [-0.15, -0.1) is 0 Å². The Hall–Kier alpha value is -4.82. The maximum absolute atomic E-state index is 13.6. The van der Waals surface area contributed by atoms with E-state index < -0.39 is 0 Å². The Bertz CT molecular complexity index is 1680. The first-order chi connectivity index (χ1) is 21.6. The summed E-state index contributed by atoms with van der Waals surface area (Å²) < 4.78 is 11.7. The molecular formula is C36H33N3O4S. The van der Waals surface area contributed by atoms with E-state index in [1.165, 1.54) is 18.2 Å². The molecule has 222 valence electrons. The number of likely N-dealkylation sites (tertiary alicyclic amines) is 1. The number of para-hydroxylation sites is 2. The number of rotatable bonds is 8. The van der Waals surface area contributed by atoms with Crippen molar-refractivity contribution in [1.82, 2.24) is 4.90 Å². The van der Waals surface area contributed by atoms with E-state index in [2.05, 4.69) is 0 Å². The zero-order chi connectivity index (χ0) is 30.3. The van der Waals surface area contributed by atoms with Crippen LogP contribution >= 0.6 is 11.8 Å². The maximum atomic E-state index is 13.6. The molecule has 2 amide bonds. The number of amidine groups is 1. The molecule has 8 heteroatoms. The number of benzene rings is 4. The minimum atomic E-state index is -0.141. The highest BCUT2D eigenvalue weighted by Gasteiger charge is 2.34. The highest BCUT2D eigenvalue weighted by atomic mass is 32.2. The van der Waals surface area contributed by atoms with E-state index in [9.17, 15) is 9.59 Å². The Morgan fingerprint density at radius 3 is 2.27 bits per heavy atom. The van der Waals surface area contributed by atoms with E-state index in [-0.39, 0.29) is 11.8 Å². The monoisotopic (exact) mass is 603 g/mol. The Morgan fingerprint density at radius 2 is 1.57 bits per heavy atom. The number of hydrogen-bond donors (Lipinski definition) is 0. The number of amides is 2. The quantitative estimate of drug-likeness (QED) is 0.193. The summed E-state index contributed by atoms with van der Waals surface area (Å²) in [5.74, 6) is 1.10. The summed E-state index contributed by atoms with van der Waals surface area (Å²) in [6.45, 7) is 1.99. The Balaban J connectivity index is 1.17. The number of hydrogen-bond acceptors (Lipinski definition) is 6. The molecule has 0 atom stereocenters. The second kappa shape index (κ2) is 13.7. The van der Waals surface area contributed by atoms with Gasteiger partial charge in [0.1, 0.15) is 6.61 Å². The van der Waals surface area contributed by atoms with Gasteiger partial charge in [-0.25, -0.2) is 4.99 Å². The molecule has 4 aromatic carbocycles. The third-order valence-corrected chi connectivity index (χ3v) is 8.49. The topological polar surface area (TPSA) is 71.4 Å². The van der Waals surface area contributed by atoms with E-state index in [1.807, 2.05) is 114 Å². The van der Waals surface area contributed by atoms with Crippen LogP contribution in [0.5, 0.6) is 11.5 Å². The average Bonchev–Trinajstić information content (AvgIpc) is 3.38. The fourth-order valence-corrected chi connectivity index (χ4v) is 6.20. The Morgan fingerprint density at radius 1 is 0.864 bits per heavy atom. The molecule has 2 heterocycles. The number of thioether (sulfide) groups is 1. The molecule has 0 unspecified atom stereocenters. The van der Waals surface area contributed by atoms with Crippen molar-refractivity contribution in [2.45, 2.75) is 25.9 Å². The number of piperidine rings is 1. The lowest BCUT2D eigenvalue weighted by Crippen LogP contribution is -2.35. The van der Waals surface area contributed by atoms with E-state index in [0.29, 0.717) is 33.7 Å². The van der Waals surface area contributed by atoms with Crippen molar-refractivity contribution >= 4 is 46.2 Å². The van der Waals surface area contributed by atoms with Crippen molar-refractivity contribution < 1.29 is 19.1 Å². The minimum Gasteiger partial charge on any atom is -0.493 e. The van der Waals surface area contributed by atoms with E-state index in [4.69, 9.17) is 14.5 Å². The Kier molecular flexibility index (Phi) is 9.08. The third-order valence-electron chi connectivity index (χ3n) is 7.53. The predicted octanol–water partition coefficient (Wildman–Crippen LogP) is 7.71. The SMILES string of the molecule is COc1cc(/C=C2\SC(=Nc3ccccc3)N(c3ccccc3)C2=O)ccc1OCc1ccc(C(=O)N2CCCCC2)cc1. The van der Waals surface area contributed by atoms with Crippen LogP contribution < -0.4 is 14.4 Å². The van der Waals surface area contributed by atoms with Crippen LogP contribution in [0.1, 0.15) is 40.7 Å². The number of carbonyl (C=O) groups excluding carboxylic acids is 2. The lowest BCUT2D eigenvalue weighted by Gasteiger charge is -2.26. The van der Waals surface area contributed by atoms with Crippen molar-refractivity contribution in [3.05, 3.63) is 125 Å². The van der Waals surface area contributed by atoms with Gasteiger partial charge < -0.3 is 14.4 Å². The van der Waals surface area contributed by atoms with Crippen molar-refractivity contribution in [2.75, 3.05) is 25.1 Å². The normalized spacial score (nSPS) is 16.9. The molecule has 7 nitrogen and oxygen atoms in total. The standard InChI is InChI=1S/C36H33N3O4S/c1-42-32-23-27(17-20-31(32)43-25-26-15-18-28(19-16-26)34(40)38-21-9-4-10-22-38)24-33-35(41)39(30-13-7-3-8-14-30)36(44-33)37-29-11-5-2-6-12-29/h2-3,5-8,11-20,23-24H,4,9-10,21-22,25H2,1H3/b33-24-,37-36?. The molecule has 2 fully saturated rings. The molecule has 2 aliphatic heterocycles. The molecule has 0 N–H and O–H groups in total. The van der Waals surface area contributed by atoms with Gasteiger partial charge in [0.25, 0.3) is 11.8 Å². The highest BCUT2D eigenvalue weighted by molar-refractivity contribution is 8.19. The number of anilines is 1. The zero-order valence-electron chi connectivity index (χ0n) is 24.5. The number of methoxy groups -OCH3 is 1. The van der Waals surface area contributed by atoms with Gasteiger partial charge in [-0.1, -0.05) is 54.6 Å². The Labute approximate surface area is 261 Å². The first-order valence-electron chi connectivity index (χ1n) is 14.7. The molecule has 2 saturated heterocycles. The largest absolute Gasteiger partial charge is 0.493 e. The fraction of sp³-hybridized carbons (Fsp3) is 0.194. The average molecular weight is 604 g/mol. The highest BCUT2D eigenvalue weighted by Crippen LogP contribution is 2.38. The second-order valence-corrected chi connectivity index (χ2v) is 11.6. The summed E-state index contributed by atoms with van der Waals surface area (Å²) in [4.78, 5) is 35.3. The van der Waals surface area contributed by atoms with E-state index in [0.717, 1.165) is 48.4 Å². The smallest absolute Gasteiger partial charge is 0.271 e. The number of carbonyl (C=O) groups is 2. The number of ether oxygens (including phenoxy) is 2. The molecule has 0 aliphatic carbocycles. The fourth-order valence-electron chi connectivity index (χ4n) is 5.20. The van der Waals surface area contributed by atoms with Gasteiger partial charge in [0.15, 0.2) is 16.7 Å². The molecule has 4 aromatic rings. The van der Waals surface area contributed by atoms with E-state index in [1.54, 1.807) is 12.0 Å². The van der Waals surface area contributed by atoms with Crippen LogP contribution in [0.4, 0.5) is 11.4 Å². The molecule has 0 aromatic heterocycles. The second-order valence-electron chi connectivity index (χ2n) is 10.6. The minimum absolute atomic E-state index is 0.0906. The lowest BCUT2D eigenvalue weighted by molar-refractivity contribution is -0.113. The maximum Gasteiger partial charge on any atom is 0.271 e. The van der Waals surface area contributed by atoms with Crippen LogP contribution in [0.2, 0.25) is 0 Å². The first-order valence-corrected chi connectivity index (χ1v) is 15.5. The van der Waals surface area contributed by atoms with Gasteiger partial charge >= 0.3 is 0 Å². The molecule has 2 aliphatic rings. The van der Waals surface area contributed by atoms with Crippen molar-refractivity contribution in [3.8, 4) is 11.5 Å². The lowest BCUT2D eigenvalue weighted by atomic mass is 10.1. The summed E-state index contributed by atoms with van der Waals surface area (Å²) in [5, 5.41) is 0.592. The van der Waals surface area contributed by atoms with E-state index >= 15 is 0 Å². The van der Waals surface area contributed by atoms with Crippen molar-refractivity contribution in [3.63, 3.8) is 0 Å². The van der Waals surface area contributed by atoms with Gasteiger partial charge in [0, 0.05) is 18.7 Å². The molecule has 0 saturated carbocycles. The summed E-state index contributed by atoms with van der Waals surface area (Å²) >= 11 is 1.34. The molecular weight excluding hydrogens is 570 g/mol. The summed E-state index contributed by atoms with van der Waals surface area (Å²) in [6.07, 6.45) is 5.18. The summed E-state index contributed by atoms with van der Waals surface area (Å²) in [5.41, 5.74) is 3.99. The van der Waals surface area contributed by atoms with Gasteiger partial charge in [-0.2, -0.15) is 0 Å².